The summed E-state index contributed by atoms with van der Waals surface area (Å²) in [5.41, 5.74) is 16.2. The molecule has 2 heterocycles. The first-order valence-corrected chi connectivity index (χ1v) is 18.1. The van der Waals surface area contributed by atoms with Crippen LogP contribution >= 0.6 is 0 Å². The van der Waals surface area contributed by atoms with Gasteiger partial charge >= 0.3 is 0 Å². The van der Waals surface area contributed by atoms with Gasteiger partial charge in [-0.15, -0.1) is 0 Å². The summed E-state index contributed by atoms with van der Waals surface area (Å²) in [5.74, 6) is 0.394. The van der Waals surface area contributed by atoms with Crippen LogP contribution in [0, 0.1) is 5.92 Å². The molecule has 7 aromatic carbocycles. The van der Waals surface area contributed by atoms with Gasteiger partial charge in [-0.25, -0.2) is 0 Å². The third-order valence-corrected chi connectivity index (χ3v) is 11.7. The van der Waals surface area contributed by atoms with Crippen molar-refractivity contribution in [2.24, 2.45) is 5.92 Å². The van der Waals surface area contributed by atoms with E-state index in [4.69, 9.17) is 8.83 Å². The molecule has 0 saturated carbocycles. The molecule has 0 bridgehead atoms. The first-order valence-electron chi connectivity index (χ1n) is 18.1. The monoisotopic (exact) mass is 662 g/mol. The van der Waals surface area contributed by atoms with E-state index in [2.05, 4.69) is 164 Å². The largest absolute Gasteiger partial charge is 0.455 e. The second-order valence-electron chi connectivity index (χ2n) is 14.3. The van der Waals surface area contributed by atoms with Gasteiger partial charge in [0.25, 0.3) is 0 Å². The van der Waals surface area contributed by atoms with Crippen molar-refractivity contribution in [2.75, 3.05) is 0 Å². The highest BCUT2D eigenvalue weighted by atomic mass is 16.3. The molecule has 0 spiro atoms. The van der Waals surface area contributed by atoms with E-state index in [1.807, 2.05) is 6.07 Å². The van der Waals surface area contributed by atoms with Gasteiger partial charge in [-0.05, 0) is 73.5 Å². The fraction of sp³-hybridized carbons (Fsp3) is 0.0400. The fourth-order valence-corrected chi connectivity index (χ4v) is 9.39. The van der Waals surface area contributed by atoms with Crippen LogP contribution in [0.1, 0.15) is 28.2 Å². The van der Waals surface area contributed by atoms with Crippen LogP contribution in [0.5, 0.6) is 0 Å². The van der Waals surface area contributed by atoms with E-state index in [-0.39, 0.29) is 11.8 Å². The molecule has 9 aromatic rings. The van der Waals surface area contributed by atoms with Crippen molar-refractivity contribution in [3.05, 3.63) is 186 Å². The van der Waals surface area contributed by atoms with Crippen molar-refractivity contribution in [3.63, 3.8) is 0 Å². The van der Waals surface area contributed by atoms with Gasteiger partial charge in [-0.3, -0.25) is 0 Å². The first kappa shape index (κ1) is 28.1. The lowest BCUT2D eigenvalue weighted by Crippen LogP contribution is -2.23. The molecule has 0 N–H and O–H groups in total. The van der Waals surface area contributed by atoms with E-state index < -0.39 is 0 Å². The molecule has 0 radical (unpaired) electrons. The van der Waals surface area contributed by atoms with Crippen molar-refractivity contribution in [2.45, 2.75) is 5.92 Å². The van der Waals surface area contributed by atoms with Gasteiger partial charge in [0.1, 0.15) is 22.3 Å². The molecule has 12 rings (SSSR count). The molecule has 3 aliphatic carbocycles. The van der Waals surface area contributed by atoms with E-state index in [9.17, 15) is 0 Å². The van der Waals surface area contributed by atoms with Crippen molar-refractivity contribution >= 4 is 72.4 Å². The van der Waals surface area contributed by atoms with E-state index in [0.717, 1.165) is 55.0 Å². The number of para-hydroxylation sites is 4. The zero-order valence-electron chi connectivity index (χ0n) is 28.1. The van der Waals surface area contributed by atoms with Gasteiger partial charge in [0, 0.05) is 44.5 Å². The van der Waals surface area contributed by atoms with Gasteiger partial charge in [0.05, 0.1) is 0 Å². The predicted octanol–water partition coefficient (Wildman–Crippen LogP) is 13.7. The minimum atomic E-state index is 0.156. The minimum Gasteiger partial charge on any atom is -0.455 e. The van der Waals surface area contributed by atoms with E-state index in [1.165, 1.54) is 55.3 Å². The molecule has 242 valence electrons. The summed E-state index contributed by atoms with van der Waals surface area (Å²) in [7, 11) is 0. The standard InChI is InChI=1S/C50H30O2/c1-2-12-31-29(10-1)11-7-15-32(31)43-28-44(42-19-9-18-41-35-14-4-6-21-46(35)52-50(41)42)37-25-23-30-22-24-33(36-26-27-38(43)48(37)47(30)36)39-16-8-17-40-34-13-3-5-20-45(34)51-49(39)40/h1-28,30,47H. The van der Waals surface area contributed by atoms with Gasteiger partial charge < -0.3 is 8.83 Å². The number of fused-ring (bicyclic) bond motifs is 7. The molecule has 0 amide bonds. The number of allylic oxidation sites excluding steroid dienone is 6. The third-order valence-electron chi connectivity index (χ3n) is 11.7. The Morgan fingerprint density at radius 1 is 0.404 bits per heavy atom. The SMILES string of the molecule is C1=CC2C=Cc3c(-c4cccc5c4oc4ccccc45)cc(-c4cccc5ccccc45)c4c3C2C(=C1c1cccc2c1oc1ccccc12)C=C4. The normalized spacial score (nSPS) is 17.3. The Morgan fingerprint density at radius 3 is 1.75 bits per heavy atom. The van der Waals surface area contributed by atoms with Gasteiger partial charge in [-0.2, -0.15) is 0 Å². The molecule has 3 aliphatic rings. The average Bonchev–Trinajstić information content (AvgIpc) is 3.78. The van der Waals surface area contributed by atoms with Crippen LogP contribution in [0.3, 0.4) is 0 Å². The van der Waals surface area contributed by atoms with Crippen LogP contribution in [0.25, 0.3) is 94.6 Å². The first-order chi connectivity index (χ1) is 25.8. The van der Waals surface area contributed by atoms with Gasteiger partial charge in [0.15, 0.2) is 0 Å². The van der Waals surface area contributed by atoms with E-state index in [1.54, 1.807) is 0 Å². The Bertz CT molecular complexity index is 3130. The summed E-state index contributed by atoms with van der Waals surface area (Å²) in [6, 6.07) is 47.8. The maximum atomic E-state index is 6.69. The second kappa shape index (κ2) is 10.4. The summed E-state index contributed by atoms with van der Waals surface area (Å²) < 4.78 is 13.3. The lowest BCUT2D eigenvalue weighted by atomic mass is 9.64. The van der Waals surface area contributed by atoms with Crippen LogP contribution in [-0.4, -0.2) is 0 Å². The van der Waals surface area contributed by atoms with Crippen molar-refractivity contribution < 1.29 is 8.83 Å². The summed E-state index contributed by atoms with van der Waals surface area (Å²) in [6.45, 7) is 0. The topological polar surface area (TPSA) is 26.3 Å². The quantitative estimate of drug-likeness (QED) is 0.188. The molecular formula is C50H30O2. The van der Waals surface area contributed by atoms with E-state index >= 15 is 0 Å². The molecule has 2 nitrogen and oxygen atoms in total. The lowest BCUT2D eigenvalue weighted by Gasteiger charge is -2.38. The molecule has 2 unspecified atom stereocenters. The van der Waals surface area contributed by atoms with Gasteiger partial charge in [-0.1, -0.05) is 152 Å². The van der Waals surface area contributed by atoms with E-state index in [0.29, 0.717) is 0 Å². The smallest absolute Gasteiger partial charge is 0.143 e. The van der Waals surface area contributed by atoms with Crippen LogP contribution in [-0.2, 0) is 0 Å². The molecule has 0 fully saturated rings. The zero-order valence-corrected chi connectivity index (χ0v) is 28.1. The summed E-state index contributed by atoms with van der Waals surface area (Å²) in [4.78, 5) is 0. The predicted molar refractivity (Wildman–Crippen MR) is 216 cm³/mol. The third kappa shape index (κ3) is 3.79. The summed E-state index contributed by atoms with van der Waals surface area (Å²) >= 11 is 0. The molecule has 2 heteroatoms. The fourth-order valence-electron chi connectivity index (χ4n) is 9.39. The van der Waals surface area contributed by atoms with Crippen LogP contribution in [0.15, 0.2) is 172 Å². The minimum absolute atomic E-state index is 0.156. The van der Waals surface area contributed by atoms with Crippen LogP contribution < -0.4 is 0 Å². The second-order valence-corrected chi connectivity index (χ2v) is 14.3. The molecule has 2 aromatic heterocycles. The molecule has 2 atom stereocenters. The number of rotatable bonds is 3. The Kier molecular flexibility index (Phi) is 5.64. The molecule has 0 aliphatic heterocycles. The molecule has 0 saturated heterocycles. The lowest BCUT2D eigenvalue weighted by molar-refractivity contribution is 0.661. The highest BCUT2D eigenvalue weighted by Gasteiger charge is 2.38. The number of furan rings is 2. The Morgan fingerprint density at radius 2 is 0.962 bits per heavy atom. The highest BCUT2D eigenvalue weighted by Crippen LogP contribution is 2.55. The molecular weight excluding hydrogens is 633 g/mol. The summed E-state index contributed by atoms with van der Waals surface area (Å²) in [6.07, 6.45) is 14.3. The Hall–Kier alpha value is -6.64. The number of hydrogen-bond acceptors (Lipinski definition) is 2. The summed E-state index contributed by atoms with van der Waals surface area (Å²) in [5, 5.41) is 7.09. The van der Waals surface area contributed by atoms with Crippen LogP contribution in [0.2, 0.25) is 0 Å². The maximum absolute atomic E-state index is 6.69. The Balaban J connectivity index is 1.17. The number of hydrogen-bond donors (Lipinski definition) is 0. The van der Waals surface area contributed by atoms with Crippen LogP contribution in [0.4, 0.5) is 0 Å². The van der Waals surface area contributed by atoms with Gasteiger partial charge in [0.2, 0.25) is 0 Å². The maximum Gasteiger partial charge on any atom is 0.143 e. The van der Waals surface area contributed by atoms with Crippen molar-refractivity contribution in [1.82, 2.24) is 0 Å². The number of benzene rings is 7. The van der Waals surface area contributed by atoms with Crippen molar-refractivity contribution in [3.8, 4) is 22.3 Å². The van der Waals surface area contributed by atoms with Crippen molar-refractivity contribution in [1.29, 1.82) is 0 Å². The highest BCUT2D eigenvalue weighted by molar-refractivity contribution is 6.12. The zero-order chi connectivity index (χ0) is 33.9. The Labute approximate surface area is 299 Å². The average molecular weight is 663 g/mol. The molecule has 52 heavy (non-hydrogen) atoms.